The first kappa shape index (κ1) is 34.5. The Morgan fingerprint density at radius 3 is 1.66 bits per heavy atom. The SMILES string of the molecule is Cc1nc(CCc2ccc(CCl)s2)cs1.Cc1nc(CCc2ccc(CN=[N+]=[N-])s2)cs1.[2H]CF.[N-]=[N+]=[N-].[Na+]. The monoisotopic (exact) mass is 621 g/mol. The molecular formula is C23H27ClFN8NaS4. The molecule has 0 radical (unpaired) electrons. The van der Waals surface area contributed by atoms with E-state index in [9.17, 15) is 4.39 Å². The van der Waals surface area contributed by atoms with Crippen molar-refractivity contribution in [1.82, 2.24) is 9.97 Å². The molecule has 0 fully saturated rings. The van der Waals surface area contributed by atoms with Gasteiger partial charge in [-0.2, -0.15) is 0 Å². The van der Waals surface area contributed by atoms with Crippen LogP contribution in [0.1, 0.15) is 42.3 Å². The minimum absolute atomic E-state index is 0. The van der Waals surface area contributed by atoms with Gasteiger partial charge in [0.15, 0.2) is 0 Å². The van der Waals surface area contributed by atoms with Gasteiger partial charge in [0.2, 0.25) is 0 Å². The number of alkyl halides is 2. The predicted octanol–water partition coefficient (Wildman–Crippen LogP) is 6.60. The summed E-state index contributed by atoms with van der Waals surface area (Å²) in [5.74, 6) is 0.625. The fourth-order valence-corrected chi connectivity index (χ4v) is 6.27. The zero-order chi connectivity index (χ0) is 28.2. The van der Waals surface area contributed by atoms with Gasteiger partial charge in [-0.15, -0.1) is 56.9 Å². The van der Waals surface area contributed by atoms with E-state index in [4.69, 9.17) is 29.6 Å². The molecule has 0 spiro atoms. The van der Waals surface area contributed by atoms with Crippen LogP contribution in [0.3, 0.4) is 0 Å². The molecule has 0 aliphatic heterocycles. The summed E-state index contributed by atoms with van der Waals surface area (Å²) < 4.78 is 15.5. The molecule has 0 aliphatic rings. The van der Waals surface area contributed by atoms with E-state index in [2.05, 4.69) is 49.0 Å². The molecule has 0 saturated heterocycles. The van der Waals surface area contributed by atoms with Gasteiger partial charge in [0.05, 0.1) is 42.4 Å². The fourth-order valence-electron chi connectivity index (χ4n) is 2.92. The zero-order valence-electron chi connectivity index (χ0n) is 22.4. The van der Waals surface area contributed by atoms with Crippen LogP contribution in [0, 0.1) is 13.8 Å². The summed E-state index contributed by atoms with van der Waals surface area (Å²) >= 11 is 12.7. The van der Waals surface area contributed by atoms with Gasteiger partial charge in [-0.05, 0) is 69.3 Å². The number of thiazole rings is 2. The second-order valence-corrected chi connectivity index (χ2v) is 12.0. The molecule has 15 heteroatoms. The molecule has 4 aromatic rings. The van der Waals surface area contributed by atoms with E-state index >= 15 is 0 Å². The smallest absolute Gasteiger partial charge is 0.373 e. The van der Waals surface area contributed by atoms with Gasteiger partial charge in [-0.1, -0.05) is 5.11 Å². The number of aromatic nitrogens is 2. The molecule has 0 bridgehead atoms. The summed E-state index contributed by atoms with van der Waals surface area (Å²) in [6.45, 7) is 4.53. The van der Waals surface area contributed by atoms with Gasteiger partial charge in [0, 0.05) is 35.2 Å². The summed E-state index contributed by atoms with van der Waals surface area (Å²) in [5.41, 5.74) is 24.1. The Kier molecular flexibility index (Phi) is 20.3. The molecule has 0 aromatic carbocycles. The maximum absolute atomic E-state index is 9.96. The van der Waals surface area contributed by atoms with Gasteiger partial charge in [-0.25, -0.2) is 9.97 Å². The summed E-state index contributed by atoms with van der Waals surface area (Å²) in [4.78, 5) is 18.2. The second kappa shape index (κ2) is 22.3. The Balaban J connectivity index is 0.000000606. The van der Waals surface area contributed by atoms with E-state index in [1.165, 1.54) is 25.2 Å². The largest absolute Gasteiger partial charge is 1.00 e. The third kappa shape index (κ3) is 15.2. The number of aryl methyl sites for hydroxylation is 6. The maximum atomic E-state index is 9.96. The molecule has 0 amide bonds. The molecule has 0 N–H and O–H groups in total. The van der Waals surface area contributed by atoms with Gasteiger partial charge >= 0.3 is 29.6 Å². The molecule has 0 aliphatic carbocycles. The fraction of sp³-hybridized carbons (Fsp3) is 0.391. The van der Waals surface area contributed by atoms with E-state index < -0.39 is 7.15 Å². The summed E-state index contributed by atoms with van der Waals surface area (Å²) in [6, 6.07) is 8.41. The van der Waals surface area contributed by atoms with Gasteiger partial charge < -0.3 is 11.1 Å². The zero-order valence-corrected chi connectivity index (χ0v) is 27.4. The number of rotatable bonds is 9. The van der Waals surface area contributed by atoms with Crippen molar-refractivity contribution in [2.75, 3.05) is 7.15 Å². The van der Waals surface area contributed by atoms with Gasteiger partial charge in [0.1, 0.15) is 0 Å². The van der Waals surface area contributed by atoms with Crippen molar-refractivity contribution in [2.24, 2.45) is 5.11 Å². The molecule has 38 heavy (non-hydrogen) atoms. The molecule has 8 nitrogen and oxygen atoms in total. The van der Waals surface area contributed by atoms with E-state index in [0.717, 1.165) is 46.3 Å². The van der Waals surface area contributed by atoms with Crippen LogP contribution in [0.4, 0.5) is 4.39 Å². The maximum Gasteiger partial charge on any atom is 1.00 e. The first-order valence-electron chi connectivity index (χ1n) is 11.5. The predicted molar refractivity (Wildman–Crippen MR) is 157 cm³/mol. The van der Waals surface area contributed by atoms with Crippen LogP contribution in [0.5, 0.6) is 0 Å². The Hall–Kier alpha value is -1.50. The Bertz CT molecular complexity index is 1280. The van der Waals surface area contributed by atoms with Crippen molar-refractivity contribution in [1.29, 1.82) is 0 Å². The Labute approximate surface area is 266 Å². The third-order valence-corrected chi connectivity index (χ3v) is 8.81. The van der Waals surface area contributed by atoms with Crippen LogP contribution in [0.2, 0.25) is 0 Å². The number of thiophene rings is 2. The molecule has 0 unspecified atom stereocenters. The number of halogens is 2. The quantitative estimate of drug-likeness (QED) is 0.0684. The average Bonchev–Trinajstić information content (AvgIpc) is 3.70. The van der Waals surface area contributed by atoms with Crippen molar-refractivity contribution < 1.29 is 35.3 Å². The molecular weight excluding hydrogens is 594 g/mol. The molecule has 4 heterocycles. The standard InChI is InChI=1S/C11H12ClNS2.C11H12N4S2.CH3F.N3.Na/c1-8-13-9(7-14-8)2-3-10-4-5-11(6-12)15-10;1-8-14-9(7-16-8)2-3-10-4-5-11(17-10)6-13-15-12;1-2;1-3-2;/h4-5,7H,2-3,6H2,1H3;4-5,7H,2-3,6H2,1H3;1H3;;/q;;;-1;+1/i;;1D;;. The molecule has 198 valence electrons. The Morgan fingerprint density at radius 1 is 0.868 bits per heavy atom. The van der Waals surface area contributed by atoms with Crippen LogP contribution >= 0.6 is 56.9 Å². The topological polar surface area (TPSA) is 133 Å². The van der Waals surface area contributed by atoms with E-state index in [0.29, 0.717) is 12.4 Å². The van der Waals surface area contributed by atoms with E-state index in [-0.39, 0.29) is 29.6 Å². The first-order valence-corrected chi connectivity index (χ1v) is 14.7. The summed E-state index contributed by atoms with van der Waals surface area (Å²) in [7, 11) is -1.00. The number of hydrogen-bond donors (Lipinski definition) is 0. The van der Waals surface area contributed by atoms with Crippen molar-refractivity contribution in [2.45, 2.75) is 52.0 Å². The molecule has 0 saturated carbocycles. The summed E-state index contributed by atoms with van der Waals surface area (Å²) in [6.07, 6.45) is 4.09. The van der Waals surface area contributed by atoms with Crippen LogP contribution in [0.15, 0.2) is 40.1 Å². The van der Waals surface area contributed by atoms with Crippen molar-refractivity contribution in [3.63, 3.8) is 0 Å². The Morgan fingerprint density at radius 2 is 1.29 bits per heavy atom. The van der Waals surface area contributed by atoms with Crippen molar-refractivity contribution >= 4 is 56.9 Å². The van der Waals surface area contributed by atoms with Gasteiger partial charge in [0.25, 0.3) is 0 Å². The van der Waals surface area contributed by atoms with Crippen LogP contribution in [-0.4, -0.2) is 17.1 Å². The second-order valence-electron chi connectivity index (χ2n) is 7.06. The number of nitrogens with zero attached hydrogens (tertiary/aromatic N) is 8. The molecule has 4 aromatic heterocycles. The molecule has 4 rings (SSSR count). The normalized spacial score (nSPS) is 9.53. The minimum atomic E-state index is -1.00. The molecule has 0 atom stereocenters. The van der Waals surface area contributed by atoms with Crippen LogP contribution < -0.4 is 29.6 Å². The minimum Gasteiger partial charge on any atom is -0.373 e. The average molecular weight is 622 g/mol. The van der Waals surface area contributed by atoms with Crippen molar-refractivity contribution in [3.05, 3.63) is 102 Å². The first-order chi connectivity index (χ1) is 18.4. The van der Waals surface area contributed by atoms with E-state index in [1.54, 1.807) is 45.3 Å². The van der Waals surface area contributed by atoms with Crippen molar-refractivity contribution in [3.8, 4) is 0 Å². The van der Waals surface area contributed by atoms with Gasteiger partial charge in [-0.3, -0.25) is 9.30 Å². The van der Waals surface area contributed by atoms with Crippen LogP contribution in [-0.2, 0) is 38.1 Å². The number of hydrogen-bond acceptors (Lipinski definition) is 7. The number of azide groups is 1. The summed E-state index contributed by atoms with van der Waals surface area (Å²) in [5, 5.41) is 10.1. The van der Waals surface area contributed by atoms with Crippen LogP contribution in [0.25, 0.3) is 26.4 Å². The van der Waals surface area contributed by atoms with E-state index in [1.807, 2.05) is 19.9 Å². The third-order valence-electron chi connectivity index (χ3n) is 4.44.